The van der Waals surface area contributed by atoms with Crippen LogP contribution in [0.3, 0.4) is 0 Å². The van der Waals surface area contributed by atoms with E-state index in [4.69, 9.17) is 9.72 Å². The van der Waals surface area contributed by atoms with Gasteiger partial charge in [-0.1, -0.05) is 20.3 Å². The summed E-state index contributed by atoms with van der Waals surface area (Å²) >= 11 is 0. The minimum Gasteiger partial charge on any atom is -0.379 e. The molecule has 0 aromatic carbocycles. The van der Waals surface area contributed by atoms with Crippen LogP contribution in [0.4, 0.5) is 5.69 Å². The Morgan fingerprint density at radius 3 is 2.78 bits per heavy atom. The zero-order valence-electron chi connectivity index (χ0n) is 14.7. The highest BCUT2D eigenvalue weighted by Gasteiger charge is 2.26. The van der Waals surface area contributed by atoms with Crippen molar-refractivity contribution in [1.29, 1.82) is 0 Å². The van der Waals surface area contributed by atoms with E-state index in [0.717, 1.165) is 39.4 Å². The van der Waals surface area contributed by atoms with E-state index in [1.165, 1.54) is 37.1 Å². The van der Waals surface area contributed by atoms with Gasteiger partial charge in [0.15, 0.2) is 0 Å². The third kappa shape index (κ3) is 4.24. The molecule has 0 aliphatic carbocycles. The molecule has 0 spiro atoms. The molecule has 2 saturated heterocycles. The predicted octanol–water partition coefficient (Wildman–Crippen LogP) is 3.29. The normalized spacial score (nSPS) is 24.6. The van der Waals surface area contributed by atoms with Crippen LogP contribution in [-0.2, 0) is 4.74 Å². The van der Waals surface area contributed by atoms with E-state index in [-0.39, 0.29) is 0 Å². The Hall–Kier alpha value is -1.13. The number of ether oxygens (including phenoxy) is 1. The predicted molar refractivity (Wildman–Crippen MR) is 95.2 cm³/mol. The van der Waals surface area contributed by atoms with Crippen LogP contribution < -0.4 is 4.90 Å². The summed E-state index contributed by atoms with van der Waals surface area (Å²) in [5.74, 6) is 0.566. The average Bonchev–Trinajstić information content (AvgIpc) is 2.63. The van der Waals surface area contributed by atoms with Crippen molar-refractivity contribution in [3.8, 4) is 0 Å². The van der Waals surface area contributed by atoms with Crippen LogP contribution in [0.1, 0.15) is 51.1 Å². The third-order valence-electron chi connectivity index (χ3n) is 5.32. The minimum atomic E-state index is 0.566. The number of morpholine rings is 1. The van der Waals surface area contributed by atoms with Crippen LogP contribution in [0.25, 0.3) is 0 Å². The lowest BCUT2D eigenvalue weighted by atomic mass is 10.0. The van der Waals surface area contributed by atoms with Gasteiger partial charge in [0.1, 0.15) is 0 Å². The second-order valence-corrected chi connectivity index (χ2v) is 7.02. The summed E-state index contributed by atoms with van der Waals surface area (Å²) in [5.41, 5.74) is 2.52. The summed E-state index contributed by atoms with van der Waals surface area (Å²) in [5, 5.41) is 0. The summed E-state index contributed by atoms with van der Waals surface area (Å²) in [6.07, 6.45) is 7.11. The highest BCUT2D eigenvalue weighted by atomic mass is 16.5. The summed E-state index contributed by atoms with van der Waals surface area (Å²) in [6, 6.07) is 5.18. The van der Waals surface area contributed by atoms with Crippen molar-refractivity contribution in [3.05, 3.63) is 24.0 Å². The highest BCUT2D eigenvalue weighted by Crippen LogP contribution is 2.25. The largest absolute Gasteiger partial charge is 0.379 e. The summed E-state index contributed by atoms with van der Waals surface area (Å²) in [4.78, 5) is 9.87. The lowest BCUT2D eigenvalue weighted by Gasteiger charge is -2.41. The first-order valence-corrected chi connectivity index (χ1v) is 9.30. The van der Waals surface area contributed by atoms with Crippen molar-refractivity contribution in [2.45, 2.75) is 51.5 Å². The van der Waals surface area contributed by atoms with Crippen molar-refractivity contribution in [2.24, 2.45) is 0 Å². The van der Waals surface area contributed by atoms with Crippen molar-refractivity contribution in [3.63, 3.8) is 0 Å². The van der Waals surface area contributed by atoms with Crippen molar-refractivity contribution in [2.75, 3.05) is 44.3 Å². The molecule has 4 nitrogen and oxygen atoms in total. The molecule has 4 heteroatoms. The molecule has 2 atom stereocenters. The van der Waals surface area contributed by atoms with Crippen molar-refractivity contribution in [1.82, 2.24) is 9.88 Å². The molecule has 3 rings (SSSR count). The molecular weight excluding hydrogens is 286 g/mol. The first-order valence-electron chi connectivity index (χ1n) is 9.30. The zero-order chi connectivity index (χ0) is 16.1. The molecule has 0 amide bonds. The van der Waals surface area contributed by atoms with Crippen LogP contribution in [0, 0.1) is 0 Å². The first-order chi connectivity index (χ1) is 11.3. The van der Waals surface area contributed by atoms with E-state index in [9.17, 15) is 0 Å². The van der Waals surface area contributed by atoms with Gasteiger partial charge in [-0.05, 0) is 37.3 Å². The maximum atomic E-state index is 5.49. The Balaban J connectivity index is 1.61. The van der Waals surface area contributed by atoms with Gasteiger partial charge in [-0.25, -0.2) is 0 Å². The van der Waals surface area contributed by atoms with Gasteiger partial charge < -0.3 is 9.64 Å². The van der Waals surface area contributed by atoms with Crippen molar-refractivity contribution >= 4 is 5.69 Å². The van der Waals surface area contributed by atoms with Crippen LogP contribution in [0.2, 0.25) is 0 Å². The maximum absolute atomic E-state index is 5.49. The molecule has 0 radical (unpaired) electrons. The second-order valence-electron chi connectivity index (χ2n) is 7.02. The van der Waals surface area contributed by atoms with Gasteiger partial charge in [0.2, 0.25) is 0 Å². The molecule has 1 unspecified atom stereocenters. The van der Waals surface area contributed by atoms with Crippen LogP contribution >= 0.6 is 0 Å². The monoisotopic (exact) mass is 317 g/mol. The SMILES string of the molecule is CCCC(C)c1ccc(N2CCC[C@@H](N3CCOCC3)C2)cn1. The van der Waals surface area contributed by atoms with Gasteiger partial charge in [0, 0.05) is 37.9 Å². The molecule has 2 aliphatic heterocycles. The van der Waals surface area contributed by atoms with Gasteiger partial charge in [-0.2, -0.15) is 0 Å². The zero-order valence-corrected chi connectivity index (χ0v) is 14.7. The summed E-state index contributed by atoms with van der Waals surface area (Å²) < 4.78 is 5.49. The highest BCUT2D eigenvalue weighted by molar-refractivity contribution is 5.45. The van der Waals surface area contributed by atoms with Crippen LogP contribution in [0.15, 0.2) is 18.3 Å². The topological polar surface area (TPSA) is 28.6 Å². The maximum Gasteiger partial charge on any atom is 0.0594 e. The van der Waals surface area contributed by atoms with Gasteiger partial charge in [-0.3, -0.25) is 9.88 Å². The fourth-order valence-corrected chi connectivity index (χ4v) is 3.89. The Kier molecular flexibility index (Phi) is 5.90. The fraction of sp³-hybridized carbons (Fsp3) is 0.737. The molecule has 2 aliphatic rings. The van der Waals surface area contributed by atoms with Gasteiger partial charge >= 0.3 is 0 Å². The average molecular weight is 317 g/mol. The van der Waals surface area contributed by atoms with Crippen LogP contribution in [0.5, 0.6) is 0 Å². The minimum absolute atomic E-state index is 0.566. The van der Waals surface area contributed by atoms with E-state index in [1.54, 1.807) is 0 Å². The molecule has 2 fully saturated rings. The van der Waals surface area contributed by atoms with E-state index < -0.39 is 0 Å². The van der Waals surface area contributed by atoms with Gasteiger partial charge in [0.05, 0.1) is 25.1 Å². The number of nitrogens with zero attached hydrogens (tertiary/aromatic N) is 3. The summed E-state index contributed by atoms with van der Waals surface area (Å²) in [6.45, 7) is 10.8. The molecule has 1 aromatic rings. The second kappa shape index (κ2) is 8.11. The molecule has 0 N–H and O–H groups in total. The molecule has 0 saturated carbocycles. The Morgan fingerprint density at radius 1 is 1.26 bits per heavy atom. The molecule has 128 valence electrons. The quantitative estimate of drug-likeness (QED) is 0.833. The molecular formula is C19H31N3O. The van der Waals surface area contributed by atoms with E-state index >= 15 is 0 Å². The lowest BCUT2D eigenvalue weighted by Crippen LogP contribution is -2.51. The Morgan fingerprint density at radius 2 is 2.09 bits per heavy atom. The molecule has 23 heavy (non-hydrogen) atoms. The van der Waals surface area contributed by atoms with Gasteiger partial charge in [0.25, 0.3) is 0 Å². The van der Waals surface area contributed by atoms with Gasteiger partial charge in [-0.15, -0.1) is 0 Å². The third-order valence-corrected chi connectivity index (χ3v) is 5.32. The Labute approximate surface area is 140 Å². The number of anilines is 1. The lowest BCUT2D eigenvalue weighted by molar-refractivity contribution is 0.0137. The molecule has 3 heterocycles. The first kappa shape index (κ1) is 16.7. The standard InChI is InChI=1S/C19H31N3O/c1-3-5-16(2)19-8-7-17(14-20-19)22-9-4-6-18(15-22)21-10-12-23-13-11-21/h7-8,14,16,18H,3-6,9-13,15H2,1-2H3/t16?,18-/m1/s1. The fourth-order valence-electron chi connectivity index (χ4n) is 3.89. The van der Waals surface area contributed by atoms with E-state index in [1.807, 2.05) is 0 Å². The summed E-state index contributed by atoms with van der Waals surface area (Å²) in [7, 11) is 0. The number of rotatable bonds is 5. The van der Waals surface area contributed by atoms with E-state index in [0.29, 0.717) is 12.0 Å². The van der Waals surface area contributed by atoms with E-state index in [2.05, 4.69) is 42.0 Å². The van der Waals surface area contributed by atoms with Crippen LogP contribution in [-0.4, -0.2) is 55.3 Å². The number of hydrogen-bond acceptors (Lipinski definition) is 4. The Bertz CT molecular complexity index is 470. The number of hydrogen-bond donors (Lipinski definition) is 0. The number of piperidine rings is 1. The number of aromatic nitrogens is 1. The molecule has 0 bridgehead atoms. The number of pyridine rings is 1. The molecule has 1 aromatic heterocycles. The van der Waals surface area contributed by atoms with Crippen molar-refractivity contribution < 1.29 is 4.74 Å². The smallest absolute Gasteiger partial charge is 0.0594 e.